The van der Waals surface area contributed by atoms with E-state index in [-0.39, 0.29) is 0 Å². The molecule has 3 heteroatoms. The first-order valence-corrected chi connectivity index (χ1v) is 8.44. The highest BCUT2D eigenvalue weighted by Gasteiger charge is 2.00. The molecule has 0 radical (unpaired) electrons. The summed E-state index contributed by atoms with van der Waals surface area (Å²) in [4.78, 5) is 4.70. The molecule has 0 fully saturated rings. The van der Waals surface area contributed by atoms with E-state index in [1.54, 1.807) is 0 Å². The zero-order valence-corrected chi connectivity index (χ0v) is 14.2. The second-order valence-corrected chi connectivity index (χ2v) is 5.78. The highest BCUT2D eigenvalue weighted by Crippen LogP contribution is 2.09. The predicted molar refractivity (Wildman–Crippen MR) is 99.9 cm³/mol. The van der Waals surface area contributed by atoms with Crippen LogP contribution < -0.4 is 10.6 Å². The molecule has 0 saturated heterocycles. The molecule has 0 aliphatic rings. The van der Waals surface area contributed by atoms with E-state index >= 15 is 0 Å². The van der Waals surface area contributed by atoms with E-state index in [4.69, 9.17) is 4.99 Å². The smallest absolute Gasteiger partial charge is 0.196 e. The van der Waals surface area contributed by atoms with E-state index < -0.39 is 0 Å². The van der Waals surface area contributed by atoms with Crippen LogP contribution in [0.25, 0.3) is 0 Å². The molecule has 0 aliphatic carbocycles. The van der Waals surface area contributed by atoms with Crippen LogP contribution in [-0.4, -0.2) is 12.5 Å². The number of nitrogens with zero attached hydrogens (tertiary/aromatic N) is 1. The molecule has 0 aliphatic heterocycles. The molecule has 2 aromatic rings. The van der Waals surface area contributed by atoms with Crippen molar-refractivity contribution in [3.63, 3.8) is 0 Å². The van der Waals surface area contributed by atoms with Crippen LogP contribution >= 0.6 is 0 Å². The van der Waals surface area contributed by atoms with Gasteiger partial charge in [0.05, 0.1) is 6.54 Å². The summed E-state index contributed by atoms with van der Waals surface area (Å²) in [6, 6.07) is 18.7. The first kappa shape index (κ1) is 17.1. The highest BCUT2D eigenvalue weighted by molar-refractivity contribution is 5.93. The average Bonchev–Trinajstić information content (AvgIpc) is 2.59. The van der Waals surface area contributed by atoms with Crippen LogP contribution in [0.3, 0.4) is 0 Å². The minimum atomic E-state index is 0.676. The lowest BCUT2D eigenvalue weighted by molar-refractivity contribution is 0.693. The second kappa shape index (κ2) is 9.67. The number of rotatable bonds is 7. The summed E-state index contributed by atoms with van der Waals surface area (Å²) in [5.74, 6) is 0.841. The molecule has 3 nitrogen and oxygen atoms in total. The van der Waals surface area contributed by atoms with Gasteiger partial charge in [-0.05, 0) is 31.0 Å². The lowest BCUT2D eigenvalue weighted by Crippen LogP contribution is -2.31. The molecule has 0 saturated carbocycles. The summed E-state index contributed by atoms with van der Waals surface area (Å²) in [6.07, 6.45) is 3.63. The summed E-state index contributed by atoms with van der Waals surface area (Å²) in [7, 11) is 0. The minimum absolute atomic E-state index is 0.676. The largest absolute Gasteiger partial charge is 0.356 e. The van der Waals surface area contributed by atoms with Crippen molar-refractivity contribution >= 4 is 11.6 Å². The van der Waals surface area contributed by atoms with Crippen LogP contribution in [0.5, 0.6) is 0 Å². The average molecular weight is 309 g/mol. The lowest BCUT2D eigenvalue weighted by Gasteiger charge is -2.13. The van der Waals surface area contributed by atoms with Crippen molar-refractivity contribution in [2.24, 2.45) is 4.99 Å². The first-order valence-electron chi connectivity index (χ1n) is 8.44. The van der Waals surface area contributed by atoms with Crippen LogP contribution in [0, 0.1) is 6.92 Å². The van der Waals surface area contributed by atoms with E-state index in [0.29, 0.717) is 6.54 Å². The fourth-order valence-electron chi connectivity index (χ4n) is 2.25. The molecule has 0 amide bonds. The van der Waals surface area contributed by atoms with Gasteiger partial charge in [-0.15, -0.1) is 0 Å². The number of anilines is 1. The third-order valence-electron chi connectivity index (χ3n) is 3.65. The molecule has 0 aromatic heterocycles. The van der Waals surface area contributed by atoms with Gasteiger partial charge in [0, 0.05) is 12.2 Å². The summed E-state index contributed by atoms with van der Waals surface area (Å²) in [5, 5.41) is 6.82. The zero-order valence-electron chi connectivity index (χ0n) is 14.2. The summed E-state index contributed by atoms with van der Waals surface area (Å²) in [6.45, 7) is 5.93. The van der Waals surface area contributed by atoms with E-state index in [9.17, 15) is 0 Å². The third-order valence-corrected chi connectivity index (χ3v) is 3.65. The van der Waals surface area contributed by atoms with Crippen molar-refractivity contribution in [1.82, 2.24) is 5.32 Å². The molecule has 2 rings (SSSR count). The van der Waals surface area contributed by atoms with Crippen molar-refractivity contribution in [1.29, 1.82) is 0 Å². The van der Waals surface area contributed by atoms with E-state index in [1.165, 1.54) is 24.0 Å². The molecule has 2 aromatic carbocycles. The predicted octanol–water partition coefficient (Wildman–Crippen LogP) is 4.74. The number of guanidine groups is 1. The number of unbranched alkanes of at least 4 members (excludes halogenated alkanes) is 2. The van der Waals surface area contributed by atoms with Gasteiger partial charge in [0.2, 0.25) is 0 Å². The molecule has 2 N–H and O–H groups in total. The Morgan fingerprint density at radius 2 is 1.70 bits per heavy atom. The third kappa shape index (κ3) is 6.55. The quantitative estimate of drug-likeness (QED) is 0.440. The fourth-order valence-corrected chi connectivity index (χ4v) is 2.25. The van der Waals surface area contributed by atoms with Gasteiger partial charge < -0.3 is 10.6 Å². The first-order chi connectivity index (χ1) is 11.3. The van der Waals surface area contributed by atoms with Gasteiger partial charge in [-0.1, -0.05) is 67.8 Å². The summed E-state index contributed by atoms with van der Waals surface area (Å²) >= 11 is 0. The van der Waals surface area contributed by atoms with Gasteiger partial charge in [-0.25, -0.2) is 4.99 Å². The molecular weight excluding hydrogens is 282 g/mol. The van der Waals surface area contributed by atoms with Crippen molar-refractivity contribution in [3.05, 3.63) is 65.7 Å². The Morgan fingerprint density at radius 3 is 2.39 bits per heavy atom. The lowest BCUT2D eigenvalue weighted by atomic mass is 10.2. The Balaban J connectivity index is 1.99. The molecule has 0 bridgehead atoms. The zero-order chi connectivity index (χ0) is 16.3. The number of aryl methyl sites for hydroxylation is 1. The van der Waals surface area contributed by atoms with Crippen LogP contribution in [-0.2, 0) is 6.54 Å². The normalized spacial score (nSPS) is 11.3. The molecule has 122 valence electrons. The summed E-state index contributed by atoms with van der Waals surface area (Å²) in [5.41, 5.74) is 3.53. The van der Waals surface area contributed by atoms with Gasteiger partial charge in [0.25, 0.3) is 0 Å². The molecule has 0 atom stereocenters. The summed E-state index contributed by atoms with van der Waals surface area (Å²) < 4.78 is 0. The Bertz CT molecular complexity index is 588. The number of nitrogens with one attached hydrogen (secondary N) is 2. The maximum atomic E-state index is 4.70. The molecular formula is C20H27N3. The van der Waals surface area contributed by atoms with Gasteiger partial charge in [-0.2, -0.15) is 0 Å². The minimum Gasteiger partial charge on any atom is -0.356 e. The van der Waals surface area contributed by atoms with Gasteiger partial charge in [0.1, 0.15) is 0 Å². The van der Waals surface area contributed by atoms with Crippen LogP contribution in [0.2, 0.25) is 0 Å². The molecule has 23 heavy (non-hydrogen) atoms. The van der Waals surface area contributed by atoms with Gasteiger partial charge in [0.15, 0.2) is 5.96 Å². The number of hydrogen-bond donors (Lipinski definition) is 2. The van der Waals surface area contributed by atoms with Crippen molar-refractivity contribution in [2.45, 2.75) is 39.7 Å². The van der Waals surface area contributed by atoms with Crippen molar-refractivity contribution in [2.75, 3.05) is 11.9 Å². The van der Waals surface area contributed by atoms with E-state index in [1.807, 2.05) is 18.2 Å². The highest BCUT2D eigenvalue weighted by atomic mass is 15.2. The second-order valence-electron chi connectivity index (χ2n) is 5.78. The molecule has 0 unspecified atom stereocenters. The molecule has 0 spiro atoms. The Hall–Kier alpha value is -2.29. The van der Waals surface area contributed by atoms with Crippen LogP contribution in [0.1, 0.15) is 37.3 Å². The number of aliphatic imine (C=N–C) groups is 1. The Morgan fingerprint density at radius 1 is 0.957 bits per heavy atom. The topological polar surface area (TPSA) is 36.4 Å². The van der Waals surface area contributed by atoms with Crippen LogP contribution in [0.4, 0.5) is 5.69 Å². The number of benzene rings is 2. The Labute approximate surface area is 139 Å². The van der Waals surface area contributed by atoms with Crippen molar-refractivity contribution in [3.8, 4) is 0 Å². The van der Waals surface area contributed by atoms with Crippen molar-refractivity contribution < 1.29 is 0 Å². The SMILES string of the molecule is CCCCCNC(=NCc1ccccc1)Nc1ccc(C)cc1. The van der Waals surface area contributed by atoms with Gasteiger partial charge >= 0.3 is 0 Å². The maximum absolute atomic E-state index is 4.70. The Kier molecular flexibility index (Phi) is 7.18. The van der Waals surface area contributed by atoms with E-state index in [0.717, 1.165) is 24.6 Å². The number of hydrogen-bond acceptors (Lipinski definition) is 1. The van der Waals surface area contributed by atoms with Crippen LogP contribution in [0.15, 0.2) is 59.6 Å². The van der Waals surface area contributed by atoms with E-state index in [2.05, 4.69) is 60.9 Å². The standard InChI is InChI=1S/C20H27N3/c1-3-4-8-15-21-20(22-16-18-9-6-5-7-10-18)23-19-13-11-17(2)12-14-19/h5-7,9-14H,3-4,8,15-16H2,1-2H3,(H2,21,22,23). The maximum Gasteiger partial charge on any atom is 0.196 e. The van der Waals surface area contributed by atoms with Gasteiger partial charge in [-0.3, -0.25) is 0 Å². The monoisotopic (exact) mass is 309 g/mol. The fraction of sp³-hybridized carbons (Fsp3) is 0.350. The molecule has 0 heterocycles.